The fourth-order valence-corrected chi connectivity index (χ4v) is 3.15. The monoisotopic (exact) mass is 398 g/mol. The van der Waals surface area contributed by atoms with Gasteiger partial charge in [-0.25, -0.2) is 9.59 Å². The molecule has 0 radical (unpaired) electrons. The van der Waals surface area contributed by atoms with Crippen LogP contribution in [0.2, 0.25) is 0 Å². The van der Waals surface area contributed by atoms with Crippen LogP contribution in [0.15, 0.2) is 36.4 Å². The Bertz CT molecular complexity index is 998. The lowest BCUT2D eigenvalue weighted by Gasteiger charge is -2.22. The van der Waals surface area contributed by atoms with E-state index in [1.807, 2.05) is 44.3 Å². The first-order valence-electron chi connectivity index (χ1n) is 8.74. The number of hydrogen-bond acceptors (Lipinski definition) is 4. The van der Waals surface area contributed by atoms with Gasteiger partial charge in [0.2, 0.25) is 0 Å². The van der Waals surface area contributed by atoms with E-state index in [2.05, 4.69) is 5.32 Å². The van der Waals surface area contributed by atoms with Crippen molar-refractivity contribution in [2.24, 2.45) is 5.41 Å². The van der Waals surface area contributed by atoms with Crippen molar-refractivity contribution >= 4 is 29.4 Å². The molecule has 0 atom stereocenters. The van der Waals surface area contributed by atoms with Crippen molar-refractivity contribution in [1.82, 2.24) is 5.32 Å². The van der Waals surface area contributed by atoms with Crippen LogP contribution in [0.3, 0.4) is 0 Å². The van der Waals surface area contributed by atoms with Crippen molar-refractivity contribution in [3.05, 3.63) is 53.1 Å². The van der Waals surface area contributed by atoms with Crippen molar-refractivity contribution in [2.75, 3.05) is 12.4 Å². The lowest BCUT2D eigenvalue weighted by atomic mass is 9.85. The summed E-state index contributed by atoms with van der Waals surface area (Å²) >= 11 is 0. The molecule has 2 rings (SSSR count). The molecule has 2 aromatic carbocycles. The molecular formula is C21H22N2O6. The fourth-order valence-electron chi connectivity index (χ4n) is 3.15. The van der Waals surface area contributed by atoms with E-state index in [0.29, 0.717) is 0 Å². The predicted octanol–water partition coefficient (Wildman–Crippen LogP) is 2.12. The molecule has 0 saturated heterocycles. The summed E-state index contributed by atoms with van der Waals surface area (Å²) in [5.41, 5.74) is 1.77. The molecule has 4 N–H and O–H groups in total. The molecule has 0 aromatic heterocycles. The molecule has 0 bridgehead atoms. The second-order valence-electron chi connectivity index (χ2n) is 6.74. The number of carboxylic acids is 2. The van der Waals surface area contributed by atoms with Crippen LogP contribution in [-0.2, 0) is 19.2 Å². The SMILES string of the molecule is CNC(=O)C(C(=O)O)(C(=O)O)C(=O)Nc1ccc(-c2ccc(C)cc2C)c(C)c1. The highest BCUT2D eigenvalue weighted by molar-refractivity contribution is 6.36. The number of carbonyl (C=O) groups excluding carboxylic acids is 2. The van der Waals surface area contributed by atoms with Crippen molar-refractivity contribution < 1.29 is 29.4 Å². The van der Waals surface area contributed by atoms with Crippen molar-refractivity contribution in [2.45, 2.75) is 20.8 Å². The number of carbonyl (C=O) groups is 4. The molecule has 8 nitrogen and oxygen atoms in total. The van der Waals surface area contributed by atoms with Crippen LogP contribution >= 0.6 is 0 Å². The molecule has 8 heteroatoms. The number of rotatable bonds is 6. The molecule has 0 unspecified atom stereocenters. The zero-order chi connectivity index (χ0) is 21.9. The van der Waals surface area contributed by atoms with Gasteiger partial charge in [-0.05, 0) is 55.2 Å². The Labute approximate surface area is 167 Å². The third kappa shape index (κ3) is 3.82. The van der Waals surface area contributed by atoms with E-state index in [9.17, 15) is 29.4 Å². The maximum absolute atomic E-state index is 12.5. The third-order valence-corrected chi connectivity index (χ3v) is 4.71. The topological polar surface area (TPSA) is 133 Å². The van der Waals surface area contributed by atoms with Gasteiger partial charge in [0.05, 0.1) is 0 Å². The highest BCUT2D eigenvalue weighted by atomic mass is 16.4. The summed E-state index contributed by atoms with van der Waals surface area (Å²) in [5, 5.41) is 22.9. The number of nitrogens with one attached hydrogen (secondary N) is 2. The molecule has 0 aliphatic carbocycles. The van der Waals surface area contributed by atoms with E-state index in [-0.39, 0.29) is 5.69 Å². The van der Waals surface area contributed by atoms with Gasteiger partial charge in [0.25, 0.3) is 11.8 Å². The van der Waals surface area contributed by atoms with Crippen LogP contribution < -0.4 is 10.6 Å². The Kier molecular flexibility index (Phi) is 6.06. The predicted molar refractivity (Wildman–Crippen MR) is 106 cm³/mol. The Morgan fingerprint density at radius 2 is 1.31 bits per heavy atom. The molecule has 2 aromatic rings. The number of benzene rings is 2. The molecule has 0 spiro atoms. The summed E-state index contributed by atoms with van der Waals surface area (Å²) in [6.45, 7) is 5.78. The van der Waals surface area contributed by atoms with Gasteiger partial charge < -0.3 is 20.8 Å². The van der Waals surface area contributed by atoms with Gasteiger partial charge in [0.1, 0.15) is 0 Å². The summed E-state index contributed by atoms with van der Waals surface area (Å²) < 4.78 is 0. The van der Waals surface area contributed by atoms with Crippen molar-refractivity contribution in [3.63, 3.8) is 0 Å². The molecular weight excluding hydrogens is 376 g/mol. The first-order chi connectivity index (χ1) is 13.5. The van der Waals surface area contributed by atoms with E-state index >= 15 is 0 Å². The second-order valence-corrected chi connectivity index (χ2v) is 6.74. The Morgan fingerprint density at radius 1 is 0.793 bits per heavy atom. The standard InChI is InChI=1S/C21H22N2O6/c1-11-5-7-15(12(2)9-11)16-8-6-14(10-13(16)3)23-18(25)21(19(26)27,20(28)29)17(24)22-4/h5-10H,1-4H3,(H,22,24)(H,23,25)(H,26,27)(H,28,29). The lowest BCUT2D eigenvalue weighted by molar-refractivity contribution is -0.170. The first-order valence-corrected chi connectivity index (χ1v) is 8.74. The molecule has 0 fully saturated rings. The molecule has 29 heavy (non-hydrogen) atoms. The highest BCUT2D eigenvalue weighted by Crippen LogP contribution is 2.30. The number of aliphatic carboxylic acids is 2. The van der Waals surface area contributed by atoms with Crippen LogP contribution in [-0.4, -0.2) is 41.0 Å². The van der Waals surface area contributed by atoms with E-state index in [1.54, 1.807) is 12.1 Å². The summed E-state index contributed by atoms with van der Waals surface area (Å²) in [7, 11) is 1.05. The maximum atomic E-state index is 12.5. The summed E-state index contributed by atoms with van der Waals surface area (Å²) in [6.07, 6.45) is 0. The number of carboxylic acid groups (broad SMARTS) is 2. The zero-order valence-electron chi connectivity index (χ0n) is 16.5. The van der Waals surface area contributed by atoms with Gasteiger partial charge in [-0.1, -0.05) is 29.8 Å². The number of amides is 2. The quantitative estimate of drug-likeness (QED) is 0.551. The van der Waals surface area contributed by atoms with E-state index in [0.717, 1.165) is 34.9 Å². The lowest BCUT2D eigenvalue weighted by Crippen LogP contribution is -2.58. The van der Waals surface area contributed by atoms with Gasteiger partial charge in [0, 0.05) is 12.7 Å². The van der Waals surface area contributed by atoms with Crippen LogP contribution in [0.1, 0.15) is 16.7 Å². The summed E-state index contributed by atoms with van der Waals surface area (Å²) in [5.74, 6) is -7.06. The van der Waals surface area contributed by atoms with Crippen molar-refractivity contribution in [1.29, 1.82) is 0 Å². The minimum Gasteiger partial charge on any atom is -0.480 e. The largest absolute Gasteiger partial charge is 0.480 e. The van der Waals surface area contributed by atoms with E-state index in [1.165, 1.54) is 6.07 Å². The van der Waals surface area contributed by atoms with Gasteiger partial charge in [-0.3, -0.25) is 9.59 Å². The third-order valence-electron chi connectivity index (χ3n) is 4.71. The molecule has 0 aliphatic heterocycles. The number of aryl methyl sites for hydroxylation is 3. The molecule has 0 saturated carbocycles. The van der Waals surface area contributed by atoms with Crippen LogP contribution in [0.25, 0.3) is 11.1 Å². The zero-order valence-corrected chi connectivity index (χ0v) is 16.5. The maximum Gasteiger partial charge on any atom is 0.340 e. The average molecular weight is 398 g/mol. The fraction of sp³-hybridized carbons (Fsp3) is 0.238. The van der Waals surface area contributed by atoms with E-state index < -0.39 is 29.2 Å². The highest BCUT2D eigenvalue weighted by Gasteiger charge is 2.60. The molecule has 0 aliphatic rings. The summed E-state index contributed by atoms with van der Waals surface area (Å²) in [6, 6.07) is 10.9. The second kappa shape index (κ2) is 8.14. The Balaban J connectivity index is 2.42. The smallest absolute Gasteiger partial charge is 0.340 e. The van der Waals surface area contributed by atoms with Gasteiger partial charge in [-0.15, -0.1) is 0 Å². The van der Waals surface area contributed by atoms with Gasteiger partial charge in [0.15, 0.2) is 0 Å². The Morgan fingerprint density at radius 3 is 1.76 bits per heavy atom. The van der Waals surface area contributed by atoms with E-state index in [4.69, 9.17) is 0 Å². The van der Waals surface area contributed by atoms with Crippen LogP contribution in [0.5, 0.6) is 0 Å². The number of hydrogen-bond donors (Lipinski definition) is 4. The average Bonchev–Trinajstić information content (AvgIpc) is 2.62. The molecule has 0 heterocycles. The first kappa shape index (κ1) is 21.6. The molecule has 152 valence electrons. The minimum atomic E-state index is -3.30. The van der Waals surface area contributed by atoms with Gasteiger partial charge >= 0.3 is 17.4 Å². The van der Waals surface area contributed by atoms with Gasteiger partial charge in [-0.2, -0.15) is 0 Å². The molecule has 2 amide bonds. The van der Waals surface area contributed by atoms with Crippen molar-refractivity contribution in [3.8, 4) is 11.1 Å². The summed E-state index contributed by atoms with van der Waals surface area (Å²) in [4.78, 5) is 47.7. The Hall–Kier alpha value is -3.68. The van der Waals surface area contributed by atoms with Crippen LogP contribution in [0.4, 0.5) is 5.69 Å². The minimum absolute atomic E-state index is 0.178. The normalized spacial score (nSPS) is 10.9. The van der Waals surface area contributed by atoms with Crippen LogP contribution in [0, 0.1) is 26.2 Å². The number of anilines is 1.